The van der Waals surface area contributed by atoms with E-state index in [0.717, 1.165) is 18.2 Å². The van der Waals surface area contributed by atoms with Crippen LogP contribution in [0.1, 0.15) is 47.8 Å². The number of fused-ring (bicyclic) bond motifs is 2. The van der Waals surface area contributed by atoms with Crippen molar-refractivity contribution in [1.29, 1.82) is 0 Å². The molecular formula is C30H27ClF2N4O5S. The molecular weight excluding hydrogens is 602 g/mol. The molecule has 2 bridgehead atoms. The number of benzene rings is 2. The second-order valence-electron chi connectivity index (χ2n) is 11.0. The fraction of sp³-hybridized carbons (Fsp3) is 0.300. The Morgan fingerprint density at radius 1 is 1.05 bits per heavy atom. The van der Waals surface area contributed by atoms with Crippen LogP contribution in [0.2, 0.25) is 5.02 Å². The van der Waals surface area contributed by atoms with E-state index in [2.05, 4.69) is 15.4 Å². The monoisotopic (exact) mass is 628 g/mol. The van der Waals surface area contributed by atoms with Crippen molar-refractivity contribution in [2.45, 2.75) is 47.5 Å². The third kappa shape index (κ3) is 5.22. The number of aromatic nitrogens is 3. The molecule has 0 saturated heterocycles. The van der Waals surface area contributed by atoms with E-state index in [1.807, 2.05) is 0 Å². The molecule has 0 aliphatic heterocycles. The highest BCUT2D eigenvalue weighted by Crippen LogP contribution is 2.56. The number of halogens is 3. The Morgan fingerprint density at radius 2 is 1.79 bits per heavy atom. The molecule has 3 N–H and O–H groups in total. The number of nitrogens with one attached hydrogen (secondary N) is 1. The summed E-state index contributed by atoms with van der Waals surface area (Å²) in [5.41, 5.74) is -1.37. The molecule has 1 amide bonds. The Morgan fingerprint density at radius 3 is 2.47 bits per heavy atom. The quantitative estimate of drug-likeness (QED) is 0.266. The van der Waals surface area contributed by atoms with Gasteiger partial charge < -0.3 is 15.5 Å². The van der Waals surface area contributed by atoms with Crippen LogP contribution in [0.15, 0.2) is 78.0 Å². The largest absolute Gasteiger partial charge is 0.386 e. The van der Waals surface area contributed by atoms with Gasteiger partial charge in [0.05, 0.1) is 20.9 Å². The van der Waals surface area contributed by atoms with Crippen LogP contribution < -0.4 is 5.32 Å². The average molecular weight is 629 g/mol. The summed E-state index contributed by atoms with van der Waals surface area (Å²) >= 11 is 6.33. The van der Waals surface area contributed by atoms with E-state index in [0.29, 0.717) is 18.7 Å². The number of carbonyl (C=O) groups is 1. The van der Waals surface area contributed by atoms with Crippen LogP contribution in [-0.4, -0.2) is 50.2 Å². The van der Waals surface area contributed by atoms with Gasteiger partial charge in [-0.15, -0.1) is 0 Å². The summed E-state index contributed by atoms with van der Waals surface area (Å²) in [6, 6.07) is 13.4. The maximum atomic E-state index is 13.9. The number of aliphatic hydroxyl groups is 2. The summed E-state index contributed by atoms with van der Waals surface area (Å²) < 4.78 is 56.2. The van der Waals surface area contributed by atoms with Crippen molar-refractivity contribution in [3.63, 3.8) is 0 Å². The van der Waals surface area contributed by atoms with E-state index < -0.39 is 56.2 Å². The molecule has 2 saturated carbocycles. The SMILES string of the molecule is O=C(Nc1ccc(F)c(F)c1)c1ccc(Cl)c(S(=O)(=O)[C@@H]2CC3CC[C@@H](C2)[C@@]3(O)C(O)c2cccc(-n3cccn3)n2)c1. The highest BCUT2D eigenvalue weighted by atomic mass is 35.5. The highest BCUT2D eigenvalue weighted by Gasteiger charge is 2.59. The number of nitrogens with zero attached hydrogens (tertiary/aromatic N) is 3. The van der Waals surface area contributed by atoms with Gasteiger partial charge in [-0.1, -0.05) is 17.7 Å². The number of pyridine rings is 1. The van der Waals surface area contributed by atoms with Crippen molar-refractivity contribution in [3.8, 4) is 5.82 Å². The molecule has 224 valence electrons. The van der Waals surface area contributed by atoms with Crippen molar-refractivity contribution < 1.29 is 32.2 Å². The number of sulfone groups is 1. The van der Waals surface area contributed by atoms with Crippen LogP contribution in [0.25, 0.3) is 5.82 Å². The number of carbonyl (C=O) groups excluding carboxylic acids is 1. The fourth-order valence-corrected chi connectivity index (χ4v) is 8.82. The number of hydrogen-bond acceptors (Lipinski definition) is 7. The standard InChI is InChI=1S/C30H27ClF2N4O5S/c31-22-9-5-17(29(39)35-20-8-10-23(32)24(33)16-20)13-26(22)43(41,42)21-14-18-6-7-19(15-21)30(18,40)28(38)25-3-1-4-27(36-25)37-12-2-11-34-37/h1-5,8-13,16,18-19,21,28,38,40H,6-7,14-15H2,(H,35,39)/t18-,19?,21-,28?,30-/m0/s1. The van der Waals surface area contributed by atoms with Crippen LogP contribution in [0.3, 0.4) is 0 Å². The predicted octanol–water partition coefficient (Wildman–Crippen LogP) is 4.88. The van der Waals surface area contributed by atoms with Crippen molar-refractivity contribution >= 4 is 33.0 Å². The summed E-state index contributed by atoms with van der Waals surface area (Å²) in [4.78, 5) is 17.1. The zero-order valence-corrected chi connectivity index (χ0v) is 24.1. The topological polar surface area (TPSA) is 134 Å². The first kappa shape index (κ1) is 29.4. The number of anilines is 1. The van der Waals surface area contributed by atoms with E-state index in [4.69, 9.17) is 11.6 Å². The Bertz CT molecular complexity index is 1790. The molecule has 2 unspecified atom stereocenters. The Hall–Kier alpha value is -3.71. The van der Waals surface area contributed by atoms with Gasteiger partial charge in [0.15, 0.2) is 27.3 Å². The van der Waals surface area contributed by atoms with Gasteiger partial charge in [0.1, 0.15) is 11.7 Å². The molecule has 43 heavy (non-hydrogen) atoms. The molecule has 0 spiro atoms. The molecule has 4 aromatic rings. The molecule has 0 radical (unpaired) electrons. The number of rotatable bonds is 7. The van der Waals surface area contributed by atoms with E-state index in [9.17, 15) is 32.2 Å². The number of hydrogen-bond donors (Lipinski definition) is 3. The molecule has 2 aromatic carbocycles. The first-order valence-electron chi connectivity index (χ1n) is 13.7. The smallest absolute Gasteiger partial charge is 0.255 e. The molecule has 5 atom stereocenters. The van der Waals surface area contributed by atoms with Gasteiger partial charge in [0, 0.05) is 29.7 Å². The minimum absolute atomic E-state index is 0.00500. The van der Waals surface area contributed by atoms with Crippen LogP contribution in [-0.2, 0) is 9.84 Å². The zero-order chi connectivity index (χ0) is 30.5. The van der Waals surface area contributed by atoms with Crippen molar-refractivity contribution in [2.24, 2.45) is 11.8 Å². The third-order valence-electron chi connectivity index (χ3n) is 8.60. The van der Waals surface area contributed by atoms with Crippen molar-refractivity contribution in [1.82, 2.24) is 14.8 Å². The molecule has 6 rings (SSSR count). The van der Waals surface area contributed by atoms with Gasteiger partial charge in [-0.2, -0.15) is 5.10 Å². The molecule has 9 nitrogen and oxygen atoms in total. The third-order valence-corrected chi connectivity index (χ3v) is 11.3. The summed E-state index contributed by atoms with van der Waals surface area (Å²) in [5.74, 6) is -3.54. The second-order valence-corrected chi connectivity index (χ2v) is 13.6. The molecule has 2 fully saturated rings. The summed E-state index contributed by atoms with van der Waals surface area (Å²) in [6.45, 7) is 0. The van der Waals surface area contributed by atoms with Crippen LogP contribution in [0.4, 0.5) is 14.5 Å². The van der Waals surface area contributed by atoms with Crippen molar-refractivity contribution in [3.05, 3.63) is 101 Å². The van der Waals surface area contributed by atoms with Gasteiger partial charge in [-0.25, -0.2) is 26.9 Å². The molecule has 2 aliphatic carbocycles. The van der Waals surface area contributed by atoms with Gasteiger partial charge in [-0.05, 0) is 86.1 Å². The average Bonchev–Trinajstić information content (AvgIpc) is 3.57. The minimum Gasteiger partial charge on any atom is -0.386 e. The molecule has 2 aromatic heterocycles. The first-order valence-corrected chi connectivity index (χ1v) is 15.6. The van der Waals surface area contributed by atoms with Gasteiger partial charge in [0.25, 0.3) is 5.91 Å². The predicted molar refractivity (Wildman–Crippen MR) is 153 cm³/mol. The lowest BCUT2D eigenvalue weighted by Crippen LogP contribution is -2.52. The Balaban J connectivity index is 1.23. The lowest BCUT2D eigenvalue weighted by atomic mass is 9.70. The normalized spacial score (nSPS) is 24.1. The first-order chi connectivity index (χ1) is 20.5. The van der Waals surface area contributed by atoms with Gasteiger partial charge >= 0.3 is 0 Å². The van der Waals surface area contributed by atoms with Crippen LogP contribution in [0.5, 0.6) is 0 Å². The lowest BCUT2D eigenvalue weighted by molar-refractivity contribution is -0.145. The molecule has 2 aliphatic rings. The van der Waals surface area contributed by atoms with Gasteiger partial charge in [0.2, 0.25) is 0 Å². The Labute approximate surface area is 251 Å². The van der Waals surface area contributed by atoms with Crippen LogP contribution >= 0.6 is 11.6 Å². The highest BCUT2D eigenvalue weighted by molar-refractivity contribution is 7.92. The number of amides is 1. The zero-order valence-electron chi connectivity index (χ0n) is 22.6. The van der Waals surface area contributed by atoms with E-state index >= 15 is 0 Å². The van der Waals surface area contributed by atoms with E-state index in [-0.39, 0.29) is 39.7 Å². The summed E-state index contributed by atoms with van der Waals surface area (Å²) in [7, 11) is -4.08. The number of aliphatic hydroxyl groups excluding tert-OH is 1. The maximum absolute atomic E-state index is 13.9. The van der Waals surface area contributed by atoms with E-state index in [1.54, 1.807) is 36.7 Å². The van der Waals surface area contributed by atoms with Crippen LogP contribution in [0, 0.1) is 23.5 Å². The fourth-order valence-electron chi connectivity index (χ4n) is 6.42. The Kier molecular flexibility index (Phi) is 7.57. The molecule has 2 heterocycles. The summed E-state index contributed by atoms with van der Waals surface area (Å²) in [5, 5.41) is 28.9. The van der Waals surface area contributed by atoms with Crippen molar-refractivity contribution in [2.75, 3.05) is 5.32 Å². The summed E-state index contributed by atoms with van der Waals surface area (Å²) in [6.07, 6.45) is 3.15. The minimum atomic E-state index is -4.08. The second kappa shape index (κ2) is 11.1. The van der Waals surface area contributed by atoms with Gasteiger partial charge in [-0.3, -0.25) is 4.79 Å². The maximum Gasteiger partial charge on any atom is 0.255 e. The molecule has 13 heteroatoms. The lowest BCUT2D eigenvalue weighted by Gasteiger charge is -2.45. The van der Waals surface area contributed by atoms with E-state index in [1.165, 1.54) is 22.9 Å².